The third-order valence-electron chi connectivity index (χ3n) is 3.00. The first-order valence-electron chi connectivity index (χ1n) is 6.43. The average molecular weight is 253 g/mol. The summed E-state index contributed by atoms with van der Waals surface area (Å²) in [5.41, 5.74) is -0.581. The number of piperidine rings is 1. The van der Waals surface area contributed by atoms with Gasteiger partial charge in [-0.05, 0) is 47.0 Å². The minimum Gasteiger partial charge on any atom is -0.443 e. The lowest BCUT2D eigenvalue weighted by Gasteiger charge is -2.36. The molecule has 4 heteroatoms. The van der Waals surface area contributed by atoms with Gasteiger partial charge in [0.05, 0.1) is 0 Å². The van der Waals surface area contributed by atoms with Gasteiger partial charge in [0.1, 0.15) is 5.60 Å². The standard InChI is InChI=1S/C14H23NO3/c1-6-7-11-9-8-10(2)15(12(11)16)13(17)18-14(3,4)5/h6,10-11H,1,7-9H2,2-5H3/t10-,11-/m1/s1. The number of carbonyl (C=O) groups is 2. The molecule has 1 aliphatic rings. The quantitative estimate of drug-likeness (QED) is 0.710. The minimum absolute atomic E-state index is 0.0894. The van der Waals surface area contributed by atoms with Crippen LogP contribution in [0.4, 0.5) is 4.79 Å². The first kappa shape index (κ1) is 14.7. The van der Waals surface area contributed by atoms with Gasteiger partial charge in [0.25, 0.3) is 0 Å². The van der Waals surface area contributed by atoms with E-state index in [1.807, 2.05) is 6.92 Å². The molecule has 0 radical (unpaired) electrons. The Morgan fingerprint density at radius 1 is 1.50 bits per heavy atom. The molecule has 1 rings (SSSR count). The van der Waals surface area contributed by atoms with Gasteiger partial charge in [-0.1, -0.05) is 6.08 Å². The summed E-state index contributed by atoms with van der Waals surface area (Å²) in [5, 5.41) is 0. The van der Waals surface area contributed by atoms with Crippen molar-refractivity contribution in [2.75, 3.05) is 0 Å². The van der Waals surface area contributed by atoms with Crippen molar-refractivity contribution in [3.8, 4) is 0 Å². The van der Waals surface area contributed by atoms with Gasteiger partial charge in [0, 0.05) is 12.0 Å². The Morgan fingerprint density at radius 2 is 2.11 bits per heavy atom. The van der Waals surface area contributed by atoms with Crippen LogP contribution in [-0.4, -0.2) is 28.5 Å². The zero-order valence-electron chi connectivity index (χ0n) is 11.7. The van der Waals surface area contributed by atoms with Crippen LogP contribution < -0.4 is 0 Å². The Balaban J connectivity index is 2.80. The molecule has 0 aromatic carbocycles. The number of carbonyl (C=O) groups excluding carboxylic acids is 2. The molecule has 0 bridgehead atoms. The highest BCUT2D eigenvalue weighted by Crippen LogP contribution is 2.27. The van der Waals surface area contributed by atoms with Gasteiger partial charge in [-0.25, -0.2) is 9.69 Å². The molecule has 1 fully saturated rings. The van der Waals surface area contributed by atoms with Gasteiger partial charge < -0.3 is 4.74 Å². The molecule has 2 amide bonds. The SMILES string of the molecule is C=CC[C@@H]1CC[C@@H](C)N(C(=O)OC(C)(C)C)C1=O. The maximum absolute atomic E-state index is 12.2. The van der Waals surface area contributed by atoms with Crippen LogP contribution in [0.25, 0.3) is 0 Å². The molecule has 0 spiro atoms. The molecule has 0 unspecified atom stereocenters. The fourth-order valence-corrected chi connectivity index (χ4v) is 2.11. The smallest absolute Gasteiger partial charge is 0.417 e. The molecular formula is C14H23NO3. The molecule has 0 aromatic heterocycles. The molecule has 4 nitrogen and oxygen atoms in total. The molecule has 0 saturated carbocycles. The number of hydrogen-bond donors (Lipinski definition) is 0. The molecule has 1 aliphatic heterocycles. The summed E-state index contributed by atoms with van der Waals surface area (Å²) in [7, 11) is 0. The van der Waals surface area contributed by atoms with E-state index in [4.69, 9.17) is 4.74 Å². The number of nitrogens with zero attached hydrogens (tertiary/aromatic N) is 1. The maximum Gasteiger partial charge on any atom is 0.417 e. The summed E-state index contributed by atoms with van der Waals surface area (Å²) in [4.78, 5) is 25.5. The number of likely N-dealkylation sites (tertiary alicyclic amines) is 1. The second-order valence-electron chi connectivity index (χ2n) is 5.84. The largest absolute Gasteiger partial charge is 0.443 e. The Labute approximate surface area is 109 Å². The fraction of sp³-hybridized carbons (Fsp3) is 0.714. The summed E-state index contributed by atoms with van der Waals surface area (Å²) in [6.07, 6.45) is 3.44. The van der Waals surface area contributed by atoms with E-state index in [0.29, 0.717) is 6.42 Å². The van der Waals surface area contributed by atoms with E-state index in [9.17, 15) is 9.59 Å². The lowest BCUT2D eigenvalue weighted by molar-refractivity contribution is -0.139. The minimum atomic E-state index is -0.581. The lowest BCUT2D eigenvalue weighted by Crippen LogP contribution is -2.51. The van der Waals surface area contributed by atoms with E-state index in [-0.39, 0.29) is 17.9 Å². The van der Waals surface area contributed by atoms with Gasteiger partial charge in [-0.15, -0.1) is 6.58 Å². The van der Waals surface area contributed by atoms with E-state index < -0.39 is 11.7 Å². The van der Waals surface area contributed by atoms with Crippen molar-refractivity contribution in [3.63, 3.8) is 0 Å². The van der Waals surface area contributed by atoms with Crippen molar-refractivity contribution in [2.24, 2.45) is 5.92 Å². The molecule has 1 heterocycles. The third-order valence-corrected chi connectivity index (χ3v) is 3.00. The highest BCUT2D eigenvalue weighted by Gasteiger charge is 2.38. The van der Waals surface area contributed by atoms with E-state index in [1.165, 1.54) is 4.90 Å². The summed E-state index contributed by atoms with van der Waals surface area (Å²) in [6, 6.07) is -0.0894. The normalized spacial score (nSPS) is 24.9. The monoisotopic (exact) mass is 253 g/mol. The number of rotatable bonds is 2. The molecule has 2 atom stereocenters. The number of hydrogen-bond acceptors (Lipinski definition) is 3. The molecule has 102 valence electrons. The van der Waals surface area contributed by atoms with Gasteiger partial charge in [-0.3, -0.25) is 4.79 Å². The van der Waals surface area contributed by atoms with E-state index in [0.717, 1.165) is 12.8 Å². The number of ether oxygens (including phenoxy) is 1. The lowest BCUT2D eigenvalue weighted by atomic mass is 9.90. The zero-order valence-corrected chi connectivity index (χ0v) is 11.7. The first-order chi connectivity index (χ1) is 8.26. The molecule has 0 aromatic rings. The van der Waals surface area contributed by atoms with Crippen LogP contribution in [0.15, 0.2) is 12.7 Å². The zero-order chi connectivity index (χ0) is 13.9. The summed E-state index contributed by atoms with van der Waals surface area (Å²) < 4.78 is 5.28. The molecule has 1 saturated heterocycles. The van der Waals surface area contributed by atoms with Crippen molar-refractivity contribution in [3.05, 3.63) is 12.7 Å². The molecule has 0 N–H and O–H groups in total. The van der Waals surface area contributed by atoms with Crippen LogP contribution in [0.1, 0.15) is 47.0 Å². The number of amides is 2. The summed E-state index contributed by atoms with van der Waals surface area (Å²) in [6.45, 7) is 10.9. The topological polar surface area (TPSA) is 46.6 Å². The second kappa shape index (κ2) is 5.55. The van der Waals surface area contributed by atoms with Gasteiger partial charge in [0.2, 0.25) is 5.91 Å². The first-order valence-corrected chi connectivity index (χ1v) is 6.43. The van der Waals surface area contributed by atoms with Crippen LogP contribution in [0.5, 0.6) is 0 Å². The van der Waals surface area contributed by atoms with Crippen LogP contribution in [-0.2, 0) is 9.53 Å². The summed E-state index contributed by atoms with van der Waals surface area (Å²) in [5.74, 6) is -0.269. The summed E-state index contributed by atoms with van der Waals surface area (Å²) >= 11 is 0. The van der Waals surface area contributed by atoms with Crippen LogP contribution >= 0.6 is 0 Å². The Morgan fingerprint density at radius 3 is 2.61 bits per heavy atom. The Bertz CT molecular complexity index is 343. The fourth-order valence-electron chi connectivity index (χ4n) is 2.11. The van der Waals surface area contributed by atoms with E-state index in [2.05, 4.69) is 6.58 Å². The maximum atomic E-state index is 12.2. The number of imide groups is 1. The van der Waals surface area contributed by atoms with Gasteiger partial charge >= 0.3 is 6.09 Å². The van der Waals surface area contributed by atoms with Crippen LogP contribution in [0, 0.1) is 5.92 Å². The van der Waals surface area contributed by atoms with Gasteiger partial charge in [0.15, 0.2) is 0 Å². The van der Waals surface area contributed by atoms with Crippen LogP contribution in [0.3, 0.4) is 0 Å². The predicted molar refractivity (Wildman–Crippen MR) is 70.1 cm³/mol. The average Bonchev–Trinajstić information content (AvgIpc) is 2.20. The van der Waals surface area contributed by atoms with Gasteiger partial charge in [-0.2, -0.15) is 0 Å². The molecular weight excluding hydrogens is 230 g/mol. The van der Waals surface area contributed by atoms with Crippen molar-refractivity contribution in [1.29, 1.82) is 0 Å². The molecule has 18 heavy (non-hydrogen) atoms. The third kappa shape index (κ3) is 3.59. The van der Waals surface area contributed by atoms with Crippen molar-refractivity contribution in [1.82, 2.24) is 4.90 Å². The second-order valence-corrected chi connectivity index (χ2v) is 5.84. The van der Waals surface area contributed by atoms with E-state index >= 15 is 0 Å². The van der Waals surface area contributed by atoms with Crippen LogP contribution in [0.2, 0.25) is 0 Å². The van der Waals surface area contributed by atoms with Crippen molar-refractivity contribution >= 4 is 12.0 Å². The predicted octanol–water partition coefficient (Wildman–Crippen LogP) is 3.12. The van der Waals surface area contributed by atoms with E-state index in [1.54, 1.807) is 26.8 Å². The van der Waals surface area contributed by atoms with Crippen molar-refractivity contribution in [2.45, 2.75) is 58.6 Å². The molecule has 0 aliphatic carbocycles. The van der Waals surface area contributed by atoms with Crippen molar-refractivity contribution < 1.29 is 14.3 Å². The highest BCUT2D eigenvalue weighted by molar-refractivity contribution is 5.94. The Kier molecular flexibility index (Phi) is 4.54. The highest BCUT2D eigenvalue weighted by atomic mass is 16.6. The Hall–Kier alpha value is -1.32. The number of allylic oxidation sites excluding steroid dienone is 1.